The minimum atomic E-state index is -0.327. The van der Waals surface area contributed by atoms with Crippen molar-refractivity contribution in [1.82, 2.24) is 15.0 Å². The summed E-state index contributed by atoms with van der Waals surface area (Å²) in [5.74, 6) is 3.77. The highest BCUT2D eigenvalue weighted by molar-refractivity contribution is 5.84. The number of rotatable bonds is 5. The second-order valence-electron chi connectivity index (χ2n) is 12.7. The van der Waals surface area contributed by atoms with Crippen molar-refractivity contribution in [3.05, 3.63) is 24.0 Å². The van der Waals surface area contributed by atoms with E-state index in [0.29, 0.717) is 16.8 Å². The Bertz CT molecular complexity index is 1120. The zero-order valence-electron chi connectivity index (χ0n) is 21.5. The van der Waals surface area contributed by atoms with E-state index in [9.17, 15) is 9.18 Å². The maximum absolute atomic E-state index is 13.7. The molecule has 1 aromatic heterocycles. The second kappa shape index (κ2) is 8.64. The van der Waals surface area contributed by atoms with E-state index >= 15 is 0 Å². The van der Waals surface area contributed by atoms with Crippen LogP contribution in [0.4, 0.5) is 4.39 Å². The Morgan fingerprint density at radius 3 is 2.83 bits per heavy atom. The molecule has 4 aliphatic rings. The smallest absolute Gasteiger partial charge is 0.157 e. The van der Waals surface area contributed by atoms with Crippen molar-refractivity contribution >= 4 is 16.8 Å². The van der Waals surface area contributed by atoms with Crippen molar-refractivity contribution < 1.29 is 13.9 Å². The lowest BCUT2D eigenvalue weighted by Crippen LogP contribution is -2.56. The molecule has 1 heterocycles. The van der Waals surface area contributed by atoms with Crippen molar-refractivity contribution in [2.75, 3.05) is 13.7 Å². The summed E-state index contributed by atoms with van der Waals surface area (Å²) >= 11 is 0. The lowest BCUT2D eigenvalue weighted by Gasteiger charge is -2.61. The van der Waals surface area contributed by atoms with E-state index in [1.807, 2.05) is 7.11 Å². The molecule has 0 saturated heterocycles. The molecule has 4 fully saturated rings. The Kier molecular flexibility index (Phi) is 5.82. The van der Waals surface area contributed by atoms with Gasteiger partial charge in [-0.15, -0.1) is 5.10 Å². The predicted molar refractivity (Wildman–Crippen MR) is 133 cm³/mol. The van der Waals surface area contributed by atoms with E-state index < -0.39 is 0 Å². The fraction of sp³-hybridized carbons (Fsp3) is 0.759. The van der Waals surface area contributed by atoms with Crippen LogP contribution >= 0.6 is 0 Å². The molecule has 8 atom stereocenters. The molecule has 0 amide bonds. The van der Waals surface area contributed by atoms with Gasteiger partial charge in [0.05, 0.1) is 12.1 Å². The molecular formula is C29H40FN3O2. The Labute approximate surface area is 208 Å². The molecule has 4 saturated carbocycles. The summed E-state index contributed by atoms with van der Waals surface area (Å²) in [4.78, 5) is 13.7. The number of nitrogens with zero attached hydrogens (tertiary/aromatic N) is 3. The van der Waals surface area contributed by atoms with Crippen LogP contribution in [-0.2, 0) is 16.1 Å². The first-order valence-corrected chi connectivity index (χ1v) is 13.9. The number of ketones is 1. The molecule has 6 rings (SSSR count). The average Bonchev–Trinajstić information content (AvgIpc) is 3.39. The van der Waals surface area contributed by atoms with E-state index in [4.69, 9.17) is 4.74 Å². The van der Waals surface area contributed by atoms with E-state index in [-0.39, 0.29) is 29.5 Å². The van der Waals surface area contributed by atoms with Gasteiger partial charge in [0.25, 0.3) is 0 Å². The van der Waals surface area contributed by atoms with E-state index in [1.54, 1.807) is 10.7 Å². The molecule has 0 N–H and O–H groups in total. The van der Waals surface area contributed by atoms with Crippen molar-refractivity contribution in [2.24, 2.45) is 46.3 Å². The van der Waals surface area contributed by atoms with Crippen molar-refractivity contribution in [3.8, 4) is 0 Å². The number of benzene rings is 1. The topological polar surface area (TPSA) is 57.0 Å². The average molecular weight is 482 g/mol. The zero-order valence-corrected chi connectivity index (χ0v) is 21.5. The lowest BCUT2D eigenvalue weighted by molar-refractivity contribution is -0.154. The molecule has 2 aromatic rings. The number of fused-ring (bicyclic) bond motifs is 6. The van der Waals surface area contributed by atoms with Crippen molar-refractivity contribution in [3.63, 3.8) is 0 Å². The molecule has 190 valence electrons. The van der Waals surface area contributed by atoms with Gasteiger partial charge in [-0.1, -0.05) is 25.5 Å². The number of carbonyl (C=O) groups is 1. The summed E-state index contributed by atoms with van der Waals surface area (Å²) < 4.78 is 21.2. The van der Waals surface area contributed by atoms with E-state index in [2.05, 4.69) is 24.2 Å². The molecule has 6 heteroatoms. The van der Waals surface area contributed by atoms with Crippen LogP contribution in [0.25, 0.3) is 11.0 Å². The maximum atomic E-state index is 13.7. The summed E-state index contributed by atoms with van der Waals surface area (Å²) in [7, 11) is 1.90. The Morgan fingerprint density at radius 2 is 2.00 bits per heavy atom. The molecule has 0 aliphatic heterocycles. The molecule has 5 nitrogen and oxygen atoms in total. The van der Waals surface area contributed by atoms with Crippen LogP contribution in [0.5, 0.6) is 0 Å². The molecular weight excluding hydrogens is 441 g/mol. The summed E-state index contributed by atoms with van der Waals surface area (Å²) in [5.41, 5.74) is 1.66. The van der Waals surface area contributed by atoms with Gasteiger partial charge in [-0.2, -0.15) is 0 Å². The lowest BCUT2D eigenvalue weighted by atomic mass is 9.44. The Hall–Kier alpha value is -1.82. The largest absolute Gasteiger partial charge is 0.384 e. The van der Waals surface area contributed by atoms with Crippen LogP contribution in [-0.4, -0.2) is 34.5 Å². The number of hydrogen-bond acceptors (Lipinski definition) is 4. The van der Waals surface area contributed by atoms with Crippen LogP contribution in [0.3, 0.4) is 0 Å². The first kappa shape index (κ1) is 23.6. The number of halogens is 1. The number of ether oxygens (including phenoxy) is 1. The summed E-state index contributed by atoms with van der Waals surface area (Å²) in [5, 5.41) is 8.28. The van der Waals surface area contributed by atoms with Crippen LogP contribution in [0.2, 0.25) is 0 Å². The van der Waals surface area contributed by atoms with Gasteiger partial charge in [0.1, 0.15) is 17.9 Å². The zero-order chi connectivity index (χ0) is 24.4. The Morgan fingerprint density at radius 1 is 1.14 bits per heavy atom. The van der Waals surface area contributed by atoms with Gasteiger partial charge in [0.15, 0.2) is 5.78 Å². The highest BCUT2D eigenvalue weighted by Crippen LogP contribution is 2.68. The molecule has 0 bridgehead atoms. The predicted octanol–water partition coefficient (Wildman–Crippen LogP) is 6.06. The molecule has 35 heavy (non-hydrogen) atoms. The van der Waals surface area contributed by atoms with Crippen LogP contribution in [0, 0.1) is 52.2 Å². The minimum absolute atomic E-state index is 0.0732. The molecule has 0 spiro atoms. The second-order valence-corrected chi connectivity index (χ2v) is 12.7. The third-order valence-corrected chi connectivity index (χ3v) is 11.2. The first-order chi connectivity index (χ1) is 16.9. The van der Waals surface area contributed by atoms with Crippen molar-refractivity contribution in [1.29, 1.82) is 0 Å². The molecule has 0 radical (unpaired) electrons. The number of hydrogen-bond donors (Lipinski definition) is 0. The number of methoxy groups -OCH3 is 1. The fourth-order valence-corrected chi connectivity index (χ4v) is 9.66. The monoisotopic (exact) mass is 481 g/mol. The number of aromatic nitrogens is 3. The summed E-state index contributed by atoms with van der Waals surface area (Å²) in [6.07, 6.45) is 11.2. The number of Topliss-reactive ketones (excluding diaryl/α,β-unsaturated/α-hetero) is 1. The van der Waals surface area contributed by atoms with Gasteiger partial charge >= 0.3 is 0 Å². The van der Waals surface area contributed by atoms with E-state index in [0.717, 1.165) is 48.6 Å². The molecule has 7 unspecified atom stereocenters. The third-order valence-electron chi connectivity index (χ3n) is 11.2. The first-order valence-electron chi connectivity index (χ1n) is 13.9. The minimum Gasteiger partial charge on any atom is -0.384 e. The SMILES string of the molecule is COCC12CCC(C)CC1CCC1C2CCC2(C)C1CC[C@@H]2C(=O)Cn1nnc2cc(F)ccc21. The fourth-order valence-electron chi connectivity index (χ4n) is 9.66. The Balaban J connectivity index is 1.23. The van der Waals surface area contributed by atoms with Gasteiger partial charge in [0.2, 0.25) is 0 Å². The van der Waals surface area contributed by atoms with Gasteiger partial charge in [-0.3, -0.25) is 4.79 Å². The van der Waals surface area contributed by atoms with E-state index in [1.165, 1.54) is 57.1 Å². The van der Waals surface area contributed by atoms with Crippen LogP contribution in [0.1, 0.15) is 71.6 Å². The highest BCUT2D eigenvalue weighted by Gasteiger charge is 2.62. The summed E-state index contributed by atoms with van der Waals surface area (Å²) in [6, 6.07) is 4.48. The maximum Gasteiger partial charge on any atom is 0.157 e. The van der Waals surface area contributed by atoms with Crippen molar-refractivity contribution in [2.45, 2.75) is 78.2 Å². The quantitative estimate of drug-likeness (QED) is 0.521. The molecule has 4 aliphatic carbocycles. The van der Waals surface area contributed by atoms with Gasteiger partial charge < -0.3 is 4.74 Å². The third kappa shape index (κ3) is 3.60. The van der Waals surface area contributed by atoms with Gasteiger partial charge in [-0.25, -0.2) is 9.07 Å². The summed E-state index contributed by atoms with van der Waals surface area (Å²) in [6.45, 7) is 5.99. The van der Waals surface area contributed by atoms with Crippen LogP contribution in [0.15, 0.2) is 18.2 Å². The standard InChI is InChI=1S/C29H40FN3O2/c1-18-10-13-29(17-35-3)19(14-18)4-6-21-22-7-8-24(28(22,2)12-11-23(21)29)27(34)16-33-26-9-5-20(30)15-25(26)31-32-33/h5,9,15,18-19,21-24H,4,6-8,10-14,16-17H2,1-3H3/t18?,19?,21?,22?,23?,24-,28?,29?/m1/s1. The normalized spacial score (nSPS) is 40.8. The van der Waals surface area contributed by atoms with Crippen LogP contribution < -0.4 is 0 Å². The van der Waals surface area contributed by atoms with Gasteiger partial charge in [-0.05, 0) is 104 Å². The molecule has 1 aromatic carbocycles. The highest BCUT2D eigenvalue weighted by atomic mass is 19.1. The van der Waals surface area contributed by atoms with Gasteiger partial charge in [0, 0.05) is 19.1 Å². The number of carbonyl (C=O) groups excluding carboxylic acids is 1.